The third-order valence-corrected chi connectivity index (χ3v) is 4.18. The molecule has 0 aliphatic heterocycles. The van der Waals surface area contributed by atoms with Gasteiger partial charge in [0.15, 0.2) is 0 Å². The average Bonchev–Trinajstić information content (AvgIpc) is 2.94. The van der Waals surface area contributed by atoms with E-state index in [9.17, 15) is 14.7 Å². The second-order valence-electron chi connectivity index (χ2n) is 4.57. The topological polar surface area (TPSA) is 83.6 Å². The van der Waals surface area contributed by atoms with E-state index in [-0.39, 0.29) is 11.5 Å². The largest absolute Gasteiger partial charge is 0.478 e. The lowest BCUT2D eigenvalue weighted by Gasteiger charge is -2.19. The van der Waals surface area contributed by atoms with Crippen LogP contribution in [0.1, 0.15) is 32.5 Å². The average molecular weight is 304 g/mol. The Morgan fingerprint density at radius 1 is 1.33 bits per heavy atom. The number of benzene rings is 1. The van der Waals surface area contributed by atoms with Crippen molar-refractivity contribution < 1.29 is 14.7 Å². The summed E-state index contributed by atoms with van der Waals surface area (Å²) < 4.78 is 0. The fraction of sp³-hybridized carbons (Fsp3) is 0.200. The van der Waals surface area contributed by atoms with Gasteiger partial charge < -0.3 is 15.7 Å². The summed E-state index contributed by atoms with van der Waals surface area (Å²) in [5, 5.41) is 11.1. The van der Waals surface area contributed by atoms with Gasteiger partial charge >= 0.3 is 5.97 Å². The number of hydrogen-bond acceptors (Lipinski definition) is 4. The Balaban J connectivity index is 2.43. The Hall–Kier alpha value is -2.34. The molecule has 0 atom stereocenters. The molecular formula is C15H16N2O3S. The third kappa shape index (κ3) is 2.90. The van der Waals surface area contributed by atoms with E-state index < -0.39 is 5.97 Å². The number of hydrogen-bond donors (Lipinski definition) is 2. The Labute approximate surface area is 126 Å². The van der Waals surface area contributed by atoms with Gasteiger partial charge in [-0.3, -0.25) is 4.79 Å². The molecule has 0 bridgehead atoms. The lowest BCUT2D eigenvalue weighted by Crippen LogP contribution is -2.28. The first-order chi connectivity index (χ1) is 9.95. The quantitative estimate of drug-likeness (QED) is 0.851. The number of nitrogens with two attached hydrogens (primary N) is 1. The molecule has 3 N–H and O–H groups in total. The number of thiophene rings is 1. The van der Waals surface area contributed by atoms with Crippen LogP contribution in [-0.2, 0) is 6.42 Å². The molecule has 1 amide bonds. The Morgan fingerprint density at radius 3 is 2.67 bits per heavy atom. The molecule has 0 unspecified atom stereocenters. The number of nitrogen functional groups attached to an aromatic ring is 1. The molecule has 0 fully saturated rings. The number of rotatable bonds is 4. The van der Waals surface area contributed by atoms with Gasteiger partial charge in [0, 0.05) is 12.7 Å². The zero-order valence-corrected chi connectivity index (χ0v) is 12.6. The summed E-state index contributed by atoms with van der Waals surface area (Å²) in [5.41, 5.74) is 7.27. The second kappa shape index (κ2) is 5.97. The molecule has 5 nitrogen and oxygen atoms in total. The van der Waals surface area contributed by atoms with Gasteiger partial charge in [-0.25, -0.2) is 4.79 Å². The highest BCUT2D eigenvalue weighted by molar-refractivity contribution is 7.12. The van der Waals surface area contributed by atoms with E-state index in [4.69, 9.17) is 5.73 Å². The van der Waals surface area contributed by atoms with Gasteiger partial charge in [-0.15, -0.1) is 11.3 Å². The Bertz CT molecular complexity index is 694. The van der Waals surface area contributed by atoms with Gasteiger partial charge in [-0.05, 0) is 41.6 Å². The van der Waals surface area contributed by atoms with Gasteiger partial charge in [0.05, 0.1) is 16.1 Å². The van der Waals surface area contributed by atoms with Crippen molar-refractivity contribution >= 4 is 34.6 Å². The number of aryl methyl sites for hydroxylation is 1. The van der Waals surface area contributed by atoms with Crippen LogP contribution in [-0.4, -0.2) is 24.0 Å². The maximum absolute atomic E-state index is 12.6. The van der Waals surface area contributed by atoms with Gasteiger partial charge in [-0.1, -0.05) is 6.92 Å². The van der Waals surface area contributed by atoms with E-state index in [0.29, 0.717) is 16.3 Å². The molecule has 6 heteroatoms. The molecule has 2 rings (SSSR count). The Morgan fingerprint density at radius 2 is 2.05 bits per heavy atom. The van der Waals surface area contributed by atoms with Gasteiger partial charge in [0.1, 0.15) is 0 Å². The molecule has 1 heterocycles. The van der Waals surface area contributed by atoms with E-state index in [1.807, 2.05) is 18.4 Å². The molecule has 0 saturated carbocycles. The summed E-state index contributed by atoms with van der Waals surface area (Å²) in [4.78, 5) is 25.9. The zero-order chi connectivity index (χ0) is 15.6. The first-order valence-corrected chi connectivity index (χ1v) is 7.31. The summed E-state index contributed by atoms with van der Waals surface area (Å²) in [6.07, 6.45) is 0.756. The van der Waals surface area contributed by atoms with E-state index in [1.54, 1.807) is 19.2 Å². The number of carboxylic acid groups (broad SMARTS) is 1. The number of anilines is 2. The third-order valence-electron chi connectivity index (χ3n) is 3.24. The molecule has 2 aromatic rings. The van der Waals surface area contributed by atoms with Crippen LogP contribution in [0.2, 0.25) is 0 Å². The van der Waals surface area contributed by atoms with Crippen LogP contribution < -0.4 is 10.6 Å². The van der Waals surface area contributed by atoms with E-state index in [1.165, 1.54) is 22.3 Å². The molecule has 0 aliphatic rings. The minimum absolute atomic E-state index is 0.0143. The van der Waals surface area contributed by atoms with Crippen LogP contribution in [0.15, 0.2) is 29.6 Å². The van der Waals surface area contributed by atoms with Crippen molar-refractivity contribution in [3.63, 3.8) is 0 Å². The zero-order valence-electron chi connectivity index (χ0n) is 11.8. The number of nitrogens with zero attached hydrogens (tertiary/aromatic N) is 1. The molecule has 21 heavy (non-hydrogen) atoms. The van der Waals surface area contributed by atoms with E-state index >= 15 is 0 Å². The lowest BCUT2D eigenvalue weighted by atomic mass is 10.1. The van der Waals surface area contributed by atoms with Gasteiger partial charge in [0.25, 0.3) is 5.91 Å². The summed E-state index contributed by atoms with van der Waals surface area (Å²) >= 11 is 1.36. The molecule has 1 aromatic carbocycles. The van der Waals surface area contributed by atoms with Crippen molar-refractivity contribution in [2.24, 2.45) is 0 Å². The number of carboxylic acids is 1. The first kappa shape index (κ1) is 15.1. The smallest absolute Gasteiger partial charge is 0.337 e. The summed E-state index contributed by atoms with van der Waals surface area (Å²) in [6.45, 7) is 1.98. The van der Waals surface area contributed by atoms with Crippen molar-refractivity contribution in [2.45, 2.75) is 13.3 Å². The van der Waals surface area contributed by atoms with Crippen LogP contribution in [0.4, 0.5) is 11.4 Å². The second-order valence-corrected chi connectivity index (χ2v) is 5.49. The predicted molar refractivity (Wildman–Crippen MR) is 84.2 cm³/mol. The number of carbonyl (C=O) groups excluding carboxylic acids is 1. The molecule has 1 aromatic heterocycles. The fourth-order valence-corrected chi connectivity index (χ4v) is 3.05. The molecule has 0 spiro atoms. The van der Waals surface area contributed by atoms with Crippen LogP contribution in [0.5, 0.6) is 0 Å². The fourth-order valence-electron chi connectivity index (χ4n) is 2.08. The maximum Gasteiger partial charge on any atom is 0.337 e. The van der Waals surface area contributed by atoms with E-state index in [0.717, 1.165) is 12.0 Å². The maximum atomic E-state index is 12.6. The van der Waals surface area contributed by atoms with Crippen LogP contribution in [0.3, 0.4) is 0 Å². The number of carbonyl (C=O) groups is 2. The highest BCUT2D eigenvalue weighted by Gasteiger charge is 2.22. The summed E-state index contributed by atoms with van der Waals surface area (Å²) in [6, 6.07) is 6.40. The van der Waals surface area contributed by atoms with Crippen molar-refractivity contribution in [3.8, 4) is 0 Å². The normalized spacial score (nSPS) is 10.4. The van der Waals surface area contributed by atoms with Crippen LogP contribution in [0.25, 0.3) is 0 Å². The minimum Gasteiger partial charge on any atom is -0.478 e. The summed E-state index contributed by atoms with van der Waals surface area (Å²) in [5.74, 6) is -1.33. The first-order valence-electron chi connectivity index (χ1n) is 6.43. The minimum atomic E-state index is -1.11. The van der Waals surface area contributed by atoms with Crippen LogP contribution in [0, 0.1) is 0 Å². The Kier molecular flexibility index (Phi) is 4.28. The van der Waals surface area contributed by atoms with Crippen LogP contribution >= 0.6 is 11.3 Å². The molecule has 0 aliphatic carbocycles. The van der Waals surface area contributed by atoms with Crippen molar-refractivity contribution in [3.05, 3.63) is 45.6 Å². The highest BCUT2D eigenvalue weighted by Crippen LogP contribution is 2.26. The van der Waals surface area contributed by atoms with Crippen molar-refractivity contribution in [1.82, 2.24) is 0 Å². The molecule has 110 valence electrons. The van der Waals surface area contributed by atoms with Crippen molar-refractivity contribution in [1.29, 1.82) is 0 Å². The molecule has 0 saturated heterocycles. The summed E-state index contributed by atoms with van der Waals surface area (Å²) in [7, 11) is 1.57. The monoisotopic (exact) mass is 304 g/mol. The standard InChI is InChI=1S/C15H16N2O3S/c1-3-9-6-7-21-13(9)14(18)17(2)12-5-4-10(16)8-11(12)15(19)20/h4-8H,3,16H2,1-2H3,(H,19,20). The van der Waals surface area contributed by atoms with Gasteiger partial charge in [-0.2, -0.15) is 0 Å². The number of amides is 1. The molecule has 0 radical (unpaired) electrons. The predicted octanol–water partition coefficient (Wildman–Crippen LogP) is 2.87. The lowest BCUT2D eigenvalue weighted by molar-refractivity contribution is 0.0698. The van der Waals surface area contributed by atoms with Gasteiger partial charge in [0.2, 0.25) is 0 Å². The number of aromatic carboxylic acids is 1. The highest BCUT2D eigenvalue weighted by atomic mass is 32.1. The SMILES string of the molecule is CCc1ccsc1C(=O)N(C)c1ccc(N)cc1C(=O)O. The van der Waals surface area contributed by atoms with Crippen molar-refractivity contribution in [2.75, 3.05) is 17.7 Å². The molecular weight excluding hydrogens is 288 g/mol. The van der Waals surface area contributed by atoms with E-state index in [2.05, 4.69) is 0 Å².